The predicted octanol–water partition coefficient (Wildman–Crippen LogP) is 2.28. The Hall–Kier alpha value is -3.42. The van der Waals surface area contributed by atoms with Crippen molar-refractivity contribution in [3.8, 4) is 0 Å². The monoisotopic (exact) mass is 337 g/mol. The number of likely N-dealkylation sites (N-methyl/N-ethyl adjacent to an activating group) is 1. The fourth-order valence-corrected chi connectivity index (χ4v) is 2.28. The minimum Gasteiger partial charge on any atom is -0.359 e. The number of hydrogen-bond donors (Lipinski definition) is 4. The number of carbonyl (C=O) groups excluding carboxylic acids is 1. The van der Waals surface area contributed by atoms with Crippen LogP contribution in [0, 0.1) is 6.92 Å². The fraction of sp³-hybridized carbons (Fsp3) is 0.176. The molecule has 4 N–H and O–H groups in total. The lowest BCUT2D eigenvalue weighted by molar-refractivity contribution is -0.119. The second-order valence-electron chi connectivity index (χ2n) is 5.53. The summed E-state index contributed by atoms with van der Waals surface area (Å²) in [6.45, 7) is 1.92. The Morgan fingerprint density at radius 3 is 2.64 bits per heavy atom. The van der Waals surface area contributed by atoms with Gasteiger partial charge in [-0.1, -0.05) is 12.1 Å². The van der Waals surface area contributed by atoms with Crippen molar-refractivity contribution in [1.29, 1.82) is 0 Å². The van der Waals surface area contributed by atoms with E-state index in [4.69, 9.17) is 0 Å². The molecule has 8 nitrogen and oxygen atoms in total. The Morgan fingerprint density at radius 2 is 1.92 bits per heavy atom. The zero-order valence-electron chi connectivity index (χ0n) is 14.0. The van der Waals surface area contributed by atoms with Crippen LogP contribution >= 0.6 is 0 Å². The highest BCUT2D eigenvalue weighted by Crippen LogP contribution is 2.18. The fourth-order valence-electron chi connectivity index (χ4n) is 2.28. The highest BCUT2D eigenvalue weighted by Gasteiger charge is 2.05. The van der Waals surface area contributed by atoms with Gasteiger partial charge >= 0.3 is 0 Å². The molecule has 0 saturated carbocycles. The molecule has 0 spiro atoms. The summed E-state index contributed by atoms with van der Waals surface area (Å²) in [4.78, 5) is 20.1. The molecule has 0 saturated heterocycles. The number of hydrogen-bond acceptors (Lipinski definition) is 6. The van der Waals surface area contributed by atoms with Crippen LogP contribution < -0.4 is 16.0 Å². The Bertz CT molecular complexity index is 875. The van der Waals surface area contributed by atoms with E-state index in [1.807, 2.05) is 37.3 Å². The Labute approximate surface area is 145 Å². The molecule has 1 aromatic carbocycles. The first-order chi connectivity index (χ1) is 12.1. The van der Waals surface area contributed by atoms with E-state index in [-0.39, 0.29) is 5.91 Å². The first kappa shape index (κ1) is 16.4. The topological polar surface area (TPSA) is 108 Å². The number of aromatic nitrogens is 4. The largest absolute Gasteiger partial charge is 0.359 e. The Balaban J connectivity index is 1.71. The molecule has 0 atom stereocenters. The molecule has 0 fully saturated rings. The summed E-state index contributed by atoms with van der Waals surface area (Å²) < 4.78 is 0. The molecular formula is C17H19N7O. The third-order valence-electron chi connectivity index (χ3n) is 3.44. The maximum absolute atomic E-state index is 11.5. The molecule has 2 aromatic heterocycles. The summed E-state index contributed by atoms with van der Waals surface area (Å²) in [7, 11) is 1.62. The summed E-state index contributed by atoms with van der Waals surface area (Å²) in [5.74, 6) is 1.82. The number of nitrogens with one attached hydrogen (secondary N) is 4. The maximum atomic E-state index is 11.5. The van der Waals surface area contributed by atoms with Crippen molar-refractivity contribution in [2.24, 2.45) is 0 Å². The lowest BCUT2D eigenvalue weighted by atomic mass is 10.1. The molecule has 3 rings (SSSR count). The molecule has 0 bridgehead atoms. The van der Waals surface area contributed by atoms with Crippen LogP contribution in [0.2, 0.25) is 0 Å². The third kappa shape index (κ3) is 4.54. The minimum atomic E-state index is -0.0302. The molecule has 0 aliphatic rings. The zero-order valence-corrected chi connectivity index (χ0v) is 14.0. The first-order valence-corrected chi connectivity index (χ1v) is 7.80. The van der Waals surface area contributed by atoms with Crippen molar-refractivity contribution in [2.75, 3.05) is 17.7 Å². The number of aryl methyl sites for hydroxylation is 1. The summed E-state index contributed by atoms with van der Waals surface area (Å²) in [6.07, 6.45) is 3.58. The van der Waals surface area contributed by atoms with Crippen molar-refractivity contribution in [2.45, 2.75) is 13.3 Å². The van der Waals surface area contributed by atoms with E-state index in [1.165, 1.54) is 0 Å². The van der Waals surface area contributed by atoms with Gasteiger partial charge in [-0.2, -0.15) is 5.10 Å². The van der Waals surface area contributed by atoms with Gasteiger partial charge in [-0.15, -0.1) is 0 Å². The second-order valence-corrected chi connectivity index (χ2v) is 5.53. The standard InChI is InChI=1S/C17H19N7O/c1-11-6-14(24-23-11)21-16-10-19-9-15(22-16)20-13-5-3-4-12(7-13)8-17(25)18-2/h3-7,9-10H,8H2,1-2H3,(H,18,25)(H3,20,21,22,23,24). The zero-order chi connectivity index (χ0) is 17.6. The van der Waals surface area contributed by atoms with Gasteiger partial charge in [0.2, 0.25) is 5.91 Å². The number of amides is 1. The van der Waals surface area contributed by atoms with Crippen LogP contribution in [0.1, 0.15) is 11.3 Å². The molecule has 25 heavy (non-hydrogen) atoms. The average Bonchev–Trinajstić information content (AvgIpc) is 3.00. The summed E-state index contributed by atoms with van der Waals surface area (Å²) >= 11 is 0. The van der Waals surface area contributed by atoms with Gasteiger partial charge < -0.3 is 16.0 Å². The number of anilines is 4. The Morgan fingerprint density at radius 1 is 1.12 bits per heavy atom. The minimum absolute atomic E-state index is 0.0302. The van der Waals surface area contributed by atoms with Crippen LogP contribution in [0.15, 0.2) is 42.7 Å². The number of carbonyl (C=O) groups is 1. The van der Waals surface area contributed by atoms with E-state index < -0.39 is 0 Å². The highest BCUT2D eigenvalue weighted by atomic mass is 16.1. The van der Waals surface area contributed by atoms with E-state index in [1.54, 1.807) is 19.4 Å². The number of nitrogens with zero attached hydrogens (tertiary/aromatic N) is 3. The molecule has 0 aliphatic heterocycles. The van der Waals surface area contributed by atoms with Crippen LogP contribution in [-0.2, 0) is 11.2 Å². The number of aromatic amines is 1. The first-order valence-electron chi connectivity index (χ1n) is 7.80. The Kier molecular flexibility index (Phi) is 4.89. The van der Waals surface area contributed by atoms with Gasteiger partial charge in [0.25, 0.3) is 0 Å². The molecular weight excluding hydrogens is 318 g/mol. The average molecular weight is 337 g/mol. The molecule has 0 aliphatic carbocycles. The van der Waals surface area contributed by atoms with E-state index in [0.29, 0.717) is 23.9 Å². The van der Waals surface area contributed by atoms with Gasteiger partial charge in [-0.05, 0) is 24.6 Å². The quantitative estimate of drug-likeness (QED) is 0.550. The molecule has 0 unspecified atom stereocenters. The van der Waals surface area contributed by atoms with Crippen LogP contribution in [0.3, 0.4) is 0 Å². The van der Waals surface area contributed by atoms with Gasteiger partial charge in [-0.25, -0.2) is 4.98 Å². The highest BCUT2D eigenvalue weighted by molar-refractivity contribution is 5.78. The van der Waals surface area contributed by atoms with Crippen LogP contribution in [0.25, 0.3) is 0 Å². The SMILES string of the molecule is CNC(=O)Cc1cccc(Nc2cncc(Nc3cc(C)[nH]n3)n2)c1. The lowest BCUT2D eigenvalue weighted by Crippen LogP contribution is -2.19. The smallest absolute Gasteiger partial charge is 0.224 e. The normalized spacial score (nSPS) is 10.3. The number of rotatable bonds is 6. The van der Waals surface area contributed by atoms with Crippen LogP contribution in [0.4, 0.5) is 23.1 Å². The number of benzene rings is 1. The van der Waals surface area contributed by atoms with Crippen molar-refractivity contribution in [3.05, 3.63) is 54.0 Å². The van der Waals surface area contributed by atoms with Crippen molar-refractivity contribution < 1.29 is 4.79 Å². The molecule has 0 radical (unpaired) electrons. The van der Waals surface area contributed by atoms with Gasteiger partial charge in [0, 0.05) is 24.5 Å². The molecule has 2 heterocycles. The van der Waals surface area contributed by atoms with Gasteiger partial charge in [0.05, 0.1) is 18.8 Å². The van der Waals surface area contributed by atoms with Gasteiger partial charge in [0.15, 0.2) is 17.5 Å². The molecule has 8 heteroatoms. The summed E-state index contributed by atoms with van der Waals surface area (Å²) in [5.41, 5.74) is 2.71. The third-order valence-corrected chi connectivity index (χ3v) is 3.44. The molecule has 1 amide bonds. The van der Waals surface area contributed by atoms with E-state index in [2.05, 4.69) is 36.1 Å². The van der Waals surface area contributed by atoms with Crippen LogP contribution in [0.5, 0.6) is 0 Å². The molecule has 3 aromatic rings. The van der Waals surface area contributed by atoms with E-state index >= 15 is 0 Å². The summed E-state index contributed by atoms with van der Waals surface area (Å²) in [5, 5.41) is 15.9. The second kappa shape index (κ2) is 7.43. The summed E-state index contributed by atoms with van der Waals surface area (Å²) in [6, 6.07) is 9.50. The van der Waals surface area contributed by atoms with Gasteiger partial charge in [-0.3, -0.25) is 14.9 Å². The van der Waals surface area contributed by atoms with E-state index in [9.17, 15) is 4.79 Å². The van der Waals surface area contributed by atoms with Crippen molar-refractivity contribution in [3.63, 3.8) is 0 Å². The molecule has 128 valence electrons. The van der Waals surface area contributed by atoms with Gasteiger partial charge in [0.1, 0.15) is 0 Å². The maximum Gasteiger partial charge on any atom is 0.224 e. The predicted molar refractivity (Wildman–Crippen MR) is 96.1 cm³/mol. The number of H-pyrrole nitrogens is 1. The van der Waals surface area contributed by atoms with Crippen molar-refractivity contribution in [1.82, 2.24) is 25.5 Å². The van der Waals surface area contributed by atoms with Crippen molar-refractivity contribution >= 4 is 29.0 Å². The lowest BCUT2D eigenvalue weighted by Gasteiger charge is -2.09. The van der Waals surface area contributed by atoms with E-state index in [0.717, 1.165) is 16.9 Å². The van der Waals surface area contributed by atoms with Crippen LogP contribution in [-0.4, -0.2) is 33.1 Å².